The van der Waals surface area contributed by atoms with Crippen LogP contribution in [0.25, 0.3) is 0 Å². The number of rotatable bonds is 6. The van der Waals surface area contributed by atoms with Crippen LogP contribution >= 0.6 is 0 Å². The first-order valence-electron chi connectivity index (χ1n) is 5.65. The van der Waals surface area contributed by atoms with Crippen molar-refractivity contribution in [3.63, 3.8) is 0 Å². The number of alkyl halides is 3. The Morgan fingerprint density at radius 2 is 1.63 bits per heavy atom. The summed E-state index contributed by atoms with van der Waals surface area (Å²) in [6.07, 6.45) is -2.49. The maximum atomic E-state index is 10.6. The van der Waals surface area contributed by atoms with Crippen LogP contribution < -0.4 is 4.90 Å². The smallest absolute Gasteiger partial charge is 0.481 e. The number of nitrogens with one attached hydrogen (secondary N) is 1. The van der Waals surface area contributed by atoms with Gasteiger partial charge in [-0.2, -0.15) is 13.2 Å². The Bertz CT molecular complexity index is 304. The minimum atomic E-state index is -5.08. The summed E-state index contributed by atoms with van der Waals surface area (Å²) in [5.41, 5.74) is 0. The topological polar surface area (TPSA) is 99.3 Å². The van der Waals surface area contributed by atoms with E-state index in [-0.39, 0.29) is 13.0 Å². The molecule has 1 aliphatic carbocycles. The zero-order valence-corrected chi connectivity index (χ0v) is 10.1. The van der Waals surface area contributed by atoms with Gasteiger partial charge in [-0.15, -0.1) is 0 Å². The molecule has 0 amide bonds. The fourth-order valence-corrected chi connectivity index (χ4v) is 1.44. The first-order valence-corrected chi connectivity index (χ1v) is 5.65. The number of carboxylic acid groups (broad SMARTS) is 2. The zero-order chi connectivity index (χ0) is 15.1. The number of hydrogen-bond acceptors (Lipinski definition) is 3. The van der Waals surface area contributed by atoms with Crippen molar-refractivity contribution in [3.8, 4) is 0 Å². The second-order valence-electron chi connectivity index (χ2n) is 4.10. The number of aliphatic hydroxyl groups is 1. The largest absolute Gasteiger partial charge is 0.490 e. The van der Waals surface area contributed by atoms with E-state index >= 15 is 0 Å². The van der Waals surface area contributed by atoms with Crippen LogP contribution in [-0.2, 0) is 9.59 Å². The summed E-state index contributed by atoms with van der Waals surface area (Å²) in [5, 5.41) is 24.3. The van der Waals surface area contributed by atoms with Crippen molar-refractivity contribution in [2.24, 2.45) is 0 Å². The minimum Gasteiger partial charge on any atom is -0.481 e. The highest BCUT2D eigenvalue weighted by Crippen LogP contribution is 2.14. The maximum absolute atomic E-state index is 10.6. The van der Waals surface area contributed by atoms with Gasteiger partial charge in [-0.05, 0) is 0 Å². The second kappa shape index (κ2) is 7.95. The van der Waals surface area contributed by atoms with Crippen LogP contribution in [-0.4, -0.2) is 59.2 Å². The van der Waals surface area contributed by atoms with Gasteiger partial charge >= 0.3 is 18.1 Å². The third-order valence-electron chi connectivity index (χ3n) is 2.49. The molecule has 0 heterocycles. The van der Waals surface area contributed by atoms with Gasteiger partial charge in [-0.1, -0.05) is 0 Å². The average Bonchev–Trinajstić information content (AvgIpc) is 3.07. The van der Waals surface area contributed by atoms with Crippen molar-refractivity contribution in [1.82, 2.24) is 0 Å². The molecule has 0 spiro atoms. The Labute approximate surface area is 107 Å². The van der Waals surface area contributed by atoms with Crippen molar-refractivity contribution < 1.29 is 43.0 Å². The van der Waals surface area contributed by atoms with E-state index in [4.69, 9.17) is 20.1 Å². The molecule has 1 saturated carbocycles. The molecule has 1 rings (SSSR count). The number of aliphatic carboxylic acids is 2. The molecule has 0 aromatic heterocycles. The lowest BCUT2D eigenvalue weighted by Crippen LogP contribution is -3.14. The van der Waals surface area contributed by atoms with Gasteiger partial charge < -0.3 is 20.2 Å². The monoisotopic (exact) mass is 288 g/mol. The predicted molar refractivity (Wildman–Crippen MR) is 56.7 cm³/mol. The summed E-state index contributed by atoms with van der Waals surface area (Å²) in [5.74, 6) is -3.50. The Hall–Kier alpha value is -1.35. The molecule has 19 heavy (non-hydrogen) atoms. The molecule has 4 N–H and O–H groups in total. The van der Waals surface area contributed by atoms with E-state index in [9.17, 15) is 18.0 Å². The normalized spacial score (nSPS) is 16.2. The molecule has 0 aliphatic heterocycles. The maximum Gasteiger partial charge on any atom is 0.490 e. The lowest BCUT2D eigenvalue weighted by Gasteiger charge is -2.16. The fourth-order valence-electron chi connectivity index (χ4n) is 1.44. The molecule has 0 radical (unpaired) electrons. The van der Waals surface area contributed by atoms with Gasteiger partial charge in [0.15, 0.2) is 0 Å². The van der Waals surface area contributed by atoms with Gasteiger partial charge in [-0.3, -0.25) is 4.79 Å². The highest BCUT2D eigenvalue weighted by molar-refractivity contribution is 5.73. The van der Waals surface area contributed by atoms with Gasteiger partial charge in [0.05, 0.1) is 25.6 Å². The first kappa shape index (κ1) is 17.6. The van der Waals surface area contributed by atoms with Crippen molar-refractivity contribution in [2.45, 2.75) is 31.5 Å². The second-order valence-corrected chi connectivity index (χ2v) is 4.10. The van der Waals surface area contributed by atoms with Crippen LogP contribution in [0.5, 0.6) is 0 Å². The molecule has 1 fully saturated rings. The molecule has 9 heteroatoms. The van der Waals surface area contributed by atoms with E-state index in [0.29, 0.717) is 19.1 Å². The summed E-state index contributed by atoms with van der Waals surface area (Å²) in [7, 11) is 0. The third kappa shape index (κ3) is 9.25. The molecule has 0 bridgehead atoms. The SMILES string of the molecule is O=C(O)C(F)(F)F.O=C(O)CC[NH+](CCO)C1CC1. The molecule has 1 aliphatic rings. The van der Waals surface area contributed by atoms with Gasteiger partial charge in [-0.25, -0.2) is 4.79 Å². The zero-order valence-electron chi connectivity index (χ0n) is 10.1. The fraction of sp³-hybridized carbons (Fsp3) is 0.800. The van der Waals surface area contributed by atoms with Crippen molar-refractivity contribution in [3.05, 3.63) is 0 Å². The van der Waals surface area contributed by atoms with E-state index in [1.54, 1.807) is 0 Å². The Morgan fingerprint density at radius 3 is 1.89 bits per heavy atom. The molecular formula is C10H17F3NO5+. The van der Waals surface area contributed by atoms with E-state index in [0.717, 1.165) is 0 Å². The van der Waals surface area contributed by atoms with Crippen molar-refractivity contribution in [2.75, 3.05) is 19.7 Å². The number of carboxylic acids is 2. The van der Waals surface area contributed by atoms with Crippen molar-refractivity contribution in [1.29, 1.82) is 0 Å². The van der Waals surface area contributed by atoms with Crippen LogP contribution in [0.2, 0.25) is 0 Å². The number of quaternary nitrogens is 1. The Balaban J connectivity index is 0.000000399. The predicted octanol–water partition coefficient (Wildman–Crippen LogP) is -0.866. The molecule has 112 valence electrons. The van der Waals surface area contributed by atoms with E-state index in [2.05, 4.69) is 0 Å². The highest BCUT2D eigenvalue weighted by Gasteiger charge is 2.38. The van der Waals surface area contributed by atoms with Gasteiger partial charge in [0.2, 0.25) is 0 Å². The summed E-state index contributed by atoms with van der Waals surface area (Å²) < 4.78 is 31.7. The number of carbonyl (C=O) groups is 2. The van der Waals surface area contributed by atoms with Crippen LogP contribution in [0.1, 0.15) is 19.3 Å². The first-order chi connectivity index (χ1) is 8.68. The van der Waals surface area contributed by atoms with E-state index in [1.807, 2.05) is 0 Å². The van der Waals surface area contributed by atoms with Gasteiger partial charge in [0, 0.05) is 12.8 Å². The van der Waals surface area contributed by atoms with Crippen LogP contribution in [0.15, 0.2) is 0 Å². The quantitative estimate of drug-likeness (QED) is 0.509. The molecule has 1 unspecified atom stereocenters. The lowest BCUT2D eigenvalue weighted by atomic mass is 10.3. The molecular weight excluding hydrogens is 271 g/mol. The molecule has 1 atom stereocenters. The van der Waals surface area contributed by atoms with Gasteiger partial charge in [0.1, 0.15) is 6.54 Å². The van der Waals surface area contributed by atoms with E-state index < -0.39 is 18.1 Å². The average molecular weight is 288 g/mol. The van der Waals surface area contributed by atoms with Crippen LogP contribution in [0.3, 0.4) is 0 Å². The summed E-state index contributed by atoms with van der Waals surface area (Å²) in [4.78, 5) is 20.4. The summed E-state index contributed by atoms with van der Waals surface area (Å²) in [6.45, 7) is 1.50. The van der Waals surface area contributed by atoms with E-state index in [1.165, 1.54) is 17.7 Å². The molecule has 0 saturated heterocycles. The number of aliphatic hydroxyl groups excluding tert-OH is 1. The minimum absolute atomic E-state index is 0.158. The standard InChI is InChI=1S/C8H15NO3.C2HF3O2/c10-6-5-9(7-1-2-7)4-3-8(11)12;3-2(4,5)1(6)7/h7,10H,1-6H2,(H,11,12);(H,6,7)/p+1. The molecule has 0 aromatic carbocycles. The Morgan fingerprint density at radius 1 is 1.16 bits per heavy atom. The number of hydrogen-bond donors (Lipinski definition) is 4. The third-order valence-corrected chi connectivity index (χ3v) is 2.49. The van der Waals surface area contributed by atoms with Crippen LogP contribution in [0, 0.1) is 0 Å². The molecule has 0 aromatic rings. The number of halogens is 3. The van der Waals surface area contributed by atoms with Crippen LogP contribution in [0.4, 0.5) is 13.2 Å². The highest BCUT2D eigenvalue weighted by atomic mass is 19.4. The summed E-state index contributed by atoms with van der Waals surface area (Å²) >= 11 is 0. The van der Waals surface area contributed by atoms with Crippen molar-refractivity contribution >= 4 is 11.9 Å². The molecule has 6 nitrogen and oxygen atoms in total. The van der Waals surface area contributed by atoms with Gasteiger partial charge in [0.25, 0.3) is 0 Å². The Kier molecular flexibility index (Phi) is 7.38. The lowest BCUT2D eigenvalue weighted by molar-refractivity contribution is -0.911. The summed E-state index contributed by atoms with van der Waals surface area (Å²) in [6, 6.07) is 0.622.